The average molecular weight is 342 g/mol. The molecule has 0 spiro atoms. The van der Waals surface area contributed by atoms with Crippen LogP contribution in [0.5, 0.6) is 5.75 Å². The summed E-state index contributed by atoms with van der Waals surface area (Å²) in [5.74, 6) is 0.898. The monoisotopic (exact) mass is 342 g/mol. The van der Waals surface area contributed by atoms with E-state index in [0.29, 0.717) is 6.61 Å². The number of hydrazone groups is 1. The van der Waals surface area contributed by atoms with Crippen molar-refractivity contribution in [2.75, 3.05) is 11.6 Å². The molecule has 3 nitrogen and oxygen atoms in total. The van der Waals surface area contributed by atoms with Gasteiger partial charge in [-0.05, 0) is 54.4 Å². The quantitative estimate of drug-likeness (QED) is 0.616. The summed E-state index contributed by atoms with van der Waals surface area (Å²) in [4.78, 5) is 0. The summed E-state index contributed by atoms with van der Waals surface area (Å²) in [6, 6.07) is 29.4. The predicted molar refractivity (Wildman–Crippen MR) is 107 cm³/mol. The van der Waals surface area contributed by atoms with Gasteiger partial charge in [0.2, 0.25) is 0 Å². The zero-order chi connectivity index (χ0) is 17.8. The average Bonchev–Trinajstić information content (AvgIpc) is 3.16. The predicted octanol–water partition coefficient (Wildman–Crippen LogP) is 5.44. The van der Waals surface area contributed by atoms with Crippen LogP contribution in [0, 0.1) is 0 Å². The molecule has 0 saturated heterocycles. The van der Waals surface area contributed by atoms with Crippen LogP contribution >= 0.6 is 0 Å². The van der Waals surface area contributed by atoms with E-state index in [2.05, 4.69) is 71.7 Å². The summed E-state index contributed by atoms with van der Waals surface area (Å²) in [6.45, 7) is 2.68. The van der Waals surface area contributed by atoms with Gasteiger partial charge in [-0.2, -0.15) is 5.10 Å². The third-order valence-corrected chi connectivity index (χ3v) is 4.61. The Morgan fingerprint density at radius 1 is 0.885 bits per heavy atom. The van der Waals surface area contributed by atoms with E-state index in [0.717, 1.165) is 29.1 Å². The van der Waals surface area contributed by atoms with E-state index in [1.807, 2.05) is 25.1 Å². The fourth-order valence-corrected chi connectivity index (χ4v) is 3.35. The SMILES string of the molecule is CCOc1ccc(C2=NN(c3ccccc3)C(c3ccccc3)C2)cc1. The van der Waals surface area contributed by atoms with Crippen LogP contribution < -0.4 is 9.75 Å². The van der Waals surface area contributed by atoms with E-state index in [-0.39, 0.29) is 6.04 Å². The van der Waals surface area contributed by atoms with Crippen LogP contribution in [0.1, 0.15) is 30.5 Å². The lowest BCUT2D eigenvalue weighted by molar-refractivity contribution is 0.340. The van der Waals surface area contributed by atoms with Crippen LogP contribution in [0.3, 0.4) is 0 Å². The molecule has 0 N–H and O–H groups in total. The first-order valence-corrected chi connectivity index (χ1v) is 9.05. The molecule has 1 atom stereocenters. The van der Waals surface area contributed by atoms with Crippen LogP contribution in [0.4, 0.5) is 5.69 Å². The largest absolute Gasteiger partial charge is 0.494 e. The number of ether oxygens (including phenoxy) is 1. The second-order valence-corrected chi connectivity index (χ2v) is 6.31. The number of anilines is 1. The van der Waals surface area contributed by atoms with Gasteiger partial charge < -0.3 is 4.74 Å². The molecule has 130 valence electrons. The Morgan fingerprint density at radius 2 is 1.54 bits per heavy atom. The van der Waals surface area contributed by atoms with Crippen molar-refractivity contribution in [1.82, 2.24) is 0 Å². The van der Waals surface area contributed by atoms with Gasteiger partial charge in [-0.25, -0.2) is 0 Å². The topological polar surface area (TPSA) is 24.8 Å². The Bertz CT molecular complexity index is 873. The molecule has 0 bridgehead atoms. The molecule has 4 rings (SSSR count). The fraction of sp³-hybridized carbons (Fsp3) is 0.174. The number of hydrogen-bond acceptors (Lipinski definition) is 3. The van der Waals surface area contributed by atoms with Crippen molar-refractivity contribution in [3.8, 4) is 5.75 Å². The van der Waals surface area contributed by atoms with E-state index >= 15 is 0 Å². The minimum Gasteiger partial charge on any atom is -0.494 e. The molecular weight excluding hydrogens is 320 g/mol. The maximum absolute atomic E-state index is 5.55. The van der Waals surface area contributed by atoms with Crippen molar-refractivity contribution >= 4 is 11.4 Å². The minimum absolute atomic E-state index is 0.208. The Balaban J connectivity index is 1.68. The number of hydrogen-bond donors (Lipinski definition) is 0. The molecule has 1 heterocycles. The van der Waals surface area contributed by atoms with Crippen LogP contribution in [-0.2, 0) is 0 Å². The van der Waals surface area contributed by atoms with Gasteiger partial charge in [0.15, 0.2) is 0 Å². The van der Waals surface area contributed by atoms with Crippen LogP contribution in [0.15, 0.2) is 90.0 Å². The van der Waals surface area contributed by atoms with Crippen molar-refractivity contribution in [3.63, 3.8) is 0 Å². The molecule has 0 aromatic heterocycles. The lowest BCUT2D eigenvalue weighted by Gasteiger charge is -2.23. The number of nitrogens with zero attached hydrogens (tertiary/aromatic N) is 2. The van der Waals surface area contributed by atoms with Gasteiger partial charge >= 0.3 is 0 Å². The Morgan fingerprint density at radius 3 is 2.19 bits per heavy atom. The standard InChI is InChI=1S/C23H22N2O/c1-2-26-21-15-13-18(14-16-21)22-17-23(19-9-5-3-6-10-19)25(24-22)20-11-7-4-8-12-20/h3-16,23H,2,17H2,1H3. The van der Waals surface area contributed by atoms with Crippen LogP contribution in [0.25, 0.3) is 0 Å². The molecule has 3 aromatic rings. The molecule has 0 aliphatic carbocycles. The van der Waals surface area contributed by atoms with Crippen molar-refractivity contribution in [1.29, 1.82) is 0 Å². The zero-order valence-electron chi connectivity index (χ0n) is 14.9. The molecule has 26 heavy (non-hydrogen) atoms. The van der Waals surface area contributed by atoms with Crippen molar-refractivity contribution < 1.29 is 4.74 Å². The normalized spacial score (nSPS) is 16.4. The van der Waals surface area contributed by atoms with Gasteiger partial charge in [-0.3, -0.25) is 5.01 Å². The maximum Gasteiger partial charge on any atom is 0.119 e. The highest BCUT2D eigenvalue weighted by Crippen LogP contribution is 2.36. The van der Waals surface area contributed by atoms with Gasteiger partial charge in [0.05, 0.1) is 24.0 Å². The highest BCUT2D eigenvalue weighted by atomic mass is 16.5. The van der Waals surface area contributed by atoms with E-state index in [9.17, 15) is 0 Å². The van der Waals surface area contributed by atoms with Gasteiger partial charge in [0.1, 0.15) is 5.75 Å². The molecule has 1 unspecified atom stereocenters. The molecule has 0 radical (unpaired) electrons. The van der Waals surface area contributed by atoms with E-state index < -0.39 is 0 Å². The molecule has 0 amide bonds. The van der Waals surface area contributed by atoms with E-state index in [1.54, 1.807) is 0 Å². The van der Waals surface area contributed by atoms with Crippen molar-refractivity contribution in [3.05, 3.63) is 96.1 Å². The van der Waals surface area contributed by atoms with E-state index in [4.69, 9.17) is 9.84 Å². The summed E-state index contributed by atoms with van der Waals surface area (Å²) in [6.07, 6.45) is 0.882. The molecule has 3 heteroatoms. The first-order valence-electron chi connectivity index (χ1n) is 9.05. The number of para-hydroxylation sites is 1. The smallest absolute Gasteiger partial charge is 0.119 e. The summed E-state index contributed by atoms with van der Waals surface area (Å²) < 4.78 is 5.55. The number of rotatable bonds is 5. The van der Waals surface area contributed by atoms with Crippen LogP contribution in [0.2, 0.25) is 0 Å². The molecule has 1 aliphatic heterocycles. The van der Waals surface area contributed by atoms with Gasteiger partial charge in [0.25, 0.3) is 0 Å². The molecule has 0 fully saturated rings. The highest BCUT2D eigenvalue weighted by molar-refractivity contribution is 6.03. The molecule has 3 aromatic carbocycles. The first-order chi connectivity index (χ1) is 12.8. The lowest BCUT2D eigenvalue weighted by Crippen LogP contribution is -2.18. The van der Waals surface area contributed by atoms with Crippen molar-refractivity contribution in [2.24, 2.45) is 5.10 Å². The lowest BCUT2D eigenvalue weighted by atomic mass is 9.98. The third-order valence-electron chi connectivity index (χ3n) is 4.61. The fourth-order valence-electron chi connectivity index (χ4n) is 3.35. The summed E-state index contributed by atoms with van der Waals surface area (Å²) >= 11 is 0. The Kier molecular flexibility index (Phi) is 4.69. The van der Waals surface area contributed by atoms with Gasteiger partial charge in [-0.1, -0.05) is 48.5 Å². The second kappa shape index (κ2) is 7.44. The summed E-state index contributed by atoms with van der Waals surface area (Å²) in [7, 11) is 0. The minimum atomic E-state index is 0.208. The Labute approximate surface area is 154 Å². The summed E-state index contributed by atoms with van der Waals surface area (Å²) in [5, 5.41) is 7.11. The maximum atomic E-state index is 5.55. The number of benzene rings is 3. The summed E-state index contributed by atoms with van der Waals surface area (Å²) in [5.41, 5.74) is 4.64. The molecular formula is C23H22N2O. The third kappa shape index (κ3) is 3.33. The molecule has 0 saturated carbocycles. The van der Waals surface area contributed by atoms with Crippen molar-refractivity contribution in [2.45, 2.75) is 19.4 Å². The molecule has 1 aliphatic rings. The first kappa shape index (κ1) is 16.4. The second-order valence-electron chi connectivity index (χ2n) is 6.31. The van der Waals surface area contributed by atoms with Gasteiger partial charge in [0, 0.05) is 6.42 Å². The van der Waals surface area contributed by atoms with E-state index in [1.165, 1.54) is 5.56 Å². The Hall–Kier alpha value is -3.07. The van der Waals surface area contributed by atoms with Crippen LogP contribution in [-0.4, -0.2) is 12.3 Å². The zero-order valence-corrected chi connectivity index (χ0v) is 14.9. The highest BCUT2D eigenvalue weighted by Gasteiger charge is 2.29. The van der Waals surface area contributed by atoms with Gasteiger partial charge in [-0.15, -0.1) is 0 Å².